The third kappa shape index (κ3) is 3.48. The molecule has 1 aromatic heterocycles. The van der Waals surface area contributed by atoms with E-state index in [1.54, 1.807) is 41.3 Å². The van der Waals surface area contributed by atoms with E-state index in [0.29, 0.717) is 22.8 Å². The lowest BCUT2D eigenvalue weighted by molar-refractivity contribution is 0.600. The first-order valence-electron chi connectivity index (χ1n) is 5.82. The first-order valence-corrected chi connectivity index (χ1v) is 7.85. The highest BCUT2D eigenvalue weighted by atomic mass is 35.5. The summed E-state index contributed by atoms with van der Waals surface area (Å²) in [6.07, 6.45) is 3.91. The van der Waals surface area contributed by atoms with Crippen LogP contribution in [0.3, 0.4) is 0 Å². The third-order valence-electron chi connectivity index (χ3n) is 2.45. The molecule has 0 saturated carbocycles. The van der Waals surface area contributed by atoms with Gasteiger partial charge < -0.3 is 0 Å². The van der Waals surface area contributed by atoms with Gasteiger partial charge in [0.15, 0.2) is 0 Å². The zero-order chi connectivity index (χ0) is 13.9. The fraction of sp³-hybridized carbons (Fsp3) is 0.250. The molecule has 0 radical (unpaired) electrons. The lowest BCUT2D eigenvalue weighted by Crippen LogP contribution is -2.17. The molecular weight excluding hydrogens is 286 g/mol. The fourth-order valence-electron chi connectivity index (χ4n) is 1.69. The van der Waals surface area contributed by atoms with E-state index in [2.05, 4.69) is 9.82 Å². The Morgan fingerprint density at radius 2 is 2.21 bits per heavy atom. The van der Waals surface area contributed by atoms with E-state index >= 15 is 0 Å². The molecule has 0 saturated heterocycles. The molecular formula is C12H14ClN3O2S. The summed E-state index contributed by atoms with van der Waals surface area (Å²) in [5.74, 6) is 0.0675. The SMILES string of the molecule is CCCS(=O)(=O)Nc1cc(Cl)ccc1-n1cccn1. The van der Waals surface area contributed by atoms with Gasteiger partial charge in [0.05, 0.1) is 17.1 Å². The van der Waals surface area contributed by atoms with Crippen molar-refractivity contribution in [3.05, 3.63) is 41.7 Å². The van der Waals surface area contributed by atoms with Crippen molar-refractivity contribution in [1.29, 1.82) is 0 Å². The second-order valence-electron chi connectivity index (χ2n) is 4.03. The van der Waals surface area contributed by atoms with Crippen LogP contribution < -0.4 is 4.72 Å². The number of nitrogens with one attached hydrogen (secondary N) is 1. The maximum Gasteiger partial charge on any atom is 0.232 e. The standard InChI is InChI=1S/C12H14ClN3O2S/c1-2-8-19(17,18)15-11-9-10(13)4-5-12(11)16-7-3-6-14-16/h3-7,9,15H,2,8H2,1H3. The lowest BCUT2D eigenvalue weighted by atomic mass is 10.3. The molecule has 1 N–H and O–H groups in total. The molecule has 7 heteroatoms. The molecule has 2 aromatic rings. The number of hydrogen-bond acceptors (Lipinski definition) is 3. The van der Waals surface area contributed by atoms with E-state index in [0.717, 1.165) is 0 Å². The molecule has 0 aliphatic carbocycles. The molecule has 0 spiro atoms. The minimum absolute atomic E-state index is 0.0675. The molecule has 0 atom stereocenters. The Kier molecular flexibility index (Phi) is 4.11. The molecule has 2 rings (SSSR count). The number of aromatic nitrogens is 2. The molecule has 19 heavy (non-hydrogen) atoms. The van der Waals surface area contributed by atoms with Gasteiger partial charge in [0.2, 0.25) is 10.0 Å². The van der Waals surface area contributed by atoms with Crippen LogP contribution in [0.4, 0.5) is 5.69 Å². The number of anilines is 1. The number of sulfonamides is 1. The summed E-state index contributed by atoms with van der Waals surface area (Å²) in [5, 5.41) is 4.55. The zero-order valence-corrected chi connectivity index (χ0v) is 11.9. The van der Waals surface area contributed by atoms with Crippen molar-refractivity contribution in [3.63, 3.8) is 0 Å². The quantitative estimate of drug-likeness (QED) is 0.923. The Bertz CT molecular complexity index is 654. The molecule has 0 bridgehead atoms. The molecule has 1 heterocycles. The summed E-state index contributed by atoms with van der Waals surface area (Å²) in [6, 6.07) is 6.75. The van der Waals surface area contributed by atoms with Crippen LogP contribution in [-0.4, -0.2) is 24.0 Å². The van der Waals surface area contributed by atoms with Gasteiger partial charge >= 0.3 is 0 Å². The van der Waals surface area contributed by atoms with E-state index in [9.17, 15) is 8.42 Å². The Hall–Kier alpha value is -1.53. The van der Waals surface area contributed by atoms with Crippen molar-refractivity contribution in [3.8, 4) is 5.69 Å². The summed E-state index contributed by atoms with van der Waals surface area (Å²) in [6.45, 7) is 1.81. The Morgan fingerprint density at radius 1 is 1.42 bits per heavy atom. The van der Waals surface area contributed by atoms with Crippen molar-refractivity contribution in [2.75, 3.05) is 10.5 Å². The van der Waals surface area contributed by atoms with Crippen molar-refractivity contribution < 1.29 is 8.42 Å². The Balaban J connectivity index is 2.42. The zero-order valence-electron chi connectivity index (χ0n) is 10.4. The topological polar surface area (TPSA) is 64.0 Å². The second-order valence-corrected chi connectivity index (χ2v) is 6.31. The summed E-state index contributed by atoms with van der Waals surface area (Å²) in [4.78, 5) is 0. The minimum atomic E-state index is -3.36. The number of nitrogens with zero attached hydrogens (tertiary/aromatic N) is 2. The molecule has 1 aromatic carbocycles. The van der Waals surface area contributed by atoms with Gasteiger partial charge in [-0.25, -0.2) is 13.1 Å². The van der Waals surface area contributed by atoms with E-state index < -0.39 is 10.0 Å². The number of hydrogen-bond donors (Lipinski definition) is 1. The average molecular weight is 300 g/mol. The van der Waals surface area contributed by atoms with Crippen LogP contribution in [0.1, 0.15) is 13.3 Å². The van der Waals surface area contributed by atoms with Crippen molar-refractivity contribution >= 4 is 27.3 Å². The second kappa shape index (κ2) is 5.63. The Labute approximate surface area is 117 Å². The van der Waals surface area contributed by atoms with Gasteiger partial charge in [-0.05, 0) is 30.7 Å². The molecule has 0 aliphatic heterocycles. The van der Waals surface area contributed by atoms with Gasteiger partial charge in [0.25, 0.3) is 0 Å². The molecule has 0 amide bonds. The first-order chi connectivity index (χ1) is 9.02. The fourth-order valence-corrected chi connectivity index (χ4v) is 3.00. The molecule has 102 valence electrons. The predicted octanol–water partition coefficient (Wildman–Crippen LogP) is 2.68. The summed E-state index contributed by atoms with van der Waals surface area (Å²) in [7, 11) is -3.36. The van der Waals surface area contributed by atoms with Crippen LogP contribution in [0.2, 0.25) is 5.02 Å². The van der Waals surface area contributed by atoms with Gasteiger partial charge in [0, 0.05) is 17.4 Å². The average Bonchev–Trinajstić information content (AvgIpc) is 2.81. The highest BCUT2D eigenvalue weighted by molar-refractivity contribution is 7.92. The smallest absolute Gasteiger partial charge is 0.232 e. The van der Waals surface area contributed by atoms with Crippen LogP contribution in [0.15, 0.2) is 36.7 Å². The first kappa shape index (κ1) is 13.9. The van der Waals surface area contributed by atoms with Gasteiger partial charge in [-0.15, -0.1) is 0 Å². The number of benzene rings is 1. The van der Waals surface area contributed by atoms with Crippen LogP contribution in [0.5, 0.6) is 0 Å². The lowest BCUT2D eigenvalue weighted by Gasteiger charge is -2.12. The molecule has 0 fully saturated rings. The summed E-state index contributed by atoms with van der Waals surface area (Å²) < 4.78 is 27.8. The maximum atomic E-state index is 11.8. The molecule has 0 unspecified atom stereocenters. The highest BCUT2D eigenvalue weighted by Crippen LogP contribution is 2.25. The van der Waals surface area contributed by atoms with Crippen molar-refractivity contribution in [1.82, 2.24) is 9.78 Å². The maximum absolute atomic E-state index is 11.8. The highest BCUT2D eigenvalue weighted by Gasteiger charge is 2.13. The Morgan fingerprint density at radius 3 is 2.84 bits per heavy atom. The predicted molar refractivity (Wildman–Crippen MR) is 76.3 cm³/mol. The van der Waals surface area contributed by atoms with Gasteiger partial charge in [-0.1, -0.05) is 18.5 Å². The summed E-state index contributed by atoms with van der Waals surface area (Å²) >= 11 is 5.92. The van der Waals surface area contributed by atoms with Crippen LogP contribution in [-0.2, 0) is 10.0 Å². The van der Waals surface area contributed by atoms with E-state index in [-0.39, 0.29) is 5.75 Å². The van der Waals surface area contributed by atoms with Crippen LogP contribution in [0, 0.1) is 0 Å². The van der Waals surface area contributed by atoms with Crippen molar-refractivity contribution in [2.45, 2.75) is 13.3 Å². The monoisotopic (exact) mass is 299 g/mol. The van der Waals surface area contributed by atoms with E-state index in [1.807, 2.05) is 6.92 Å². The molecule has 0 aliphatic rings. The molecule has 5 nitrogen and oxygen atoms in total. The van der Waals surface area contributed by atoms with Crippen LogP contribution >= 0.6 is 11.6 Å². The largest absolute Gasteiger partial charge is 0.281 e. The summed E-state index contributed by atoms with van der Waals surface area (Å²) in [5.41, 5.74) is 1.05. The van der Waals surface area contributed by atoms with Gasteiger partial charge in [-0.2, -0.15) is 5.10 Å². The van der Waals surface area contributed by atoms with Gasteiger partial charge in [0.1, 0.15) is 0 Å². The third-order valence-corrected chi connectivity index (χ3v) is 4.16. The number of rotatable bonds is 5. The minimum Gasteiger partial charge on any atom is -0.281 e. The van der Waals surface area contributed by atoms with Crippen molar-refractivity contribution in [2.24, 2.45) is 0 Å². The van der Waals surface area contributed by atoms with E-state index in [1.165, 1.54) is 0 Å². The number of halogens is 1. The van der Waals surface area contributed by atoms with E-state index in [4.69, 9.17) is 11.6 Å². The van der Waals surface area contributed by atoms with Gasteiger partial charge in [-0.3, -0.25) is 4.72 Å². The normalized spacial score (nSPS) is 11.5. The van der Waals surface area contributed by atoms with Crippen LogP contribution in [0.25, 0.3) is 5.69 Å².